The highest BCUT2D eigenvalue weighted by atomic mass is 35.5. The fraction of sp³-hybridized carbons (Fsp3) is 0.200. The van der Waals surface area contributed by atoms with Crippen LogP contribution in [0.1, 0.15) is 12.7 Å². The number of nitrogens with one attached hydrogen (secondary N) is 1. The van der Waals surface area contributed by atoms with Gasteiger partial charge in [-0.1, -0.05) is 24.6 Å². The summed E-state index contributed by atoms with van der Waals surface area (Å²) >= 11 is 5.90. The predicted molar refractivity (Wildman–Crippen MR) is 56.8 cm³/mol. The largest absolute Gasteiger partial charge is 0.310 e. The summed E-state index contributed by atoms with van der Waals surface area (Å²) in [7, 11) is 0. The highest BCUT2D eigenvalue weighted by Crippen LogP contribution is 2.17. The van der Waals surface area contributed by atoms with Crippen molar-refractivity contribution >= 4 is 22.5 Å². The molecule has 0 unspecified atom stereocenters. The summed E-state index contributed by atoms with van der Waals surface area (Å²) < 4.78 is 0. The summed E-state index contributed by atoms with van der Waals surface area (Å²) in [6.07, 6.45) is 0.706. The summed E-state index contributed by atoms with van der Waals surface area (Å²) in [5.41, 5.74) is 0.482. The lowest BCUT2D eigenvalue weighted by atomic mass is 10.2. The number of rotatable bonds is 1. The number of benzene rings is 1. The van der Waals surface area contributed by atoms with Crippen LogP contribution in [0.3, 0.4) is 0 Å². The van der Waals surface area contributed by atoms with Gasteiger partial charge in [-0.3, -0.25) is 4.79 Å². The monoisotopic (exact) mass is 208 g/mol. The normalized spacial score (nSPS) is 10.7. The van der Waals surface area contributed by atoms with E-state index in [4.69, 9.17) is 11.6 Å². The standard InChI is InChI=1S/C10H9ClN2O/c1-2-8-12-7-5-3-4-6(11)9(7)10(14)13-8/h3-5H,2H2,1H3,(H,12,13,14). The molecule has 0 atom stereocenters. The van der Waals surface area contributed by atoms with Crippen LogP contribution in [-0.4, -0.2) is 9.97 Å². The van der Waals surface area contributed by atoms with Crippen molar-refractivity contribution < 1.29 is 0 Å². The number of nitrogens with zero attached hydrogens (tertiary/aromatic N) is 1. The highest BCUT2D eigenvalue weighted by Gasteiger charge is 2.05. The minimum absolute atomic E-state index is 0.169. The molecule has 14 heavy (non-hydrogen) atoms. The average molecular weight is 209 g/mol. The second-order valence-corrected chi connectivity index (χ2v) is 3.41. The van der Waals surface area contributed by atoms with Crippen molar-refractivity contribution in [3.05, 3.63) is 39.4 Å². The van der Waals surface area contributed by atoms with E-state index in [1.807, 2.05) is 6.92 Å². The molecule has 2 rings (SSSR count). The van der Waals surface area contributed by atoms with E-state index < -0.39 is 0 Å². The molecule has 1 heterocycles. The lowest BCUT2D eigenvalue weighted by Crippen LogP contribution is -2.11. The van der Waals surface area contributed by atoms with E-state index in [-0.39, 0.29) is 5.56 Å². The van der Waals surface area contributed by atoms with E-state index in [1.165, 1.54) is 0 Å². The van der Waals surface area contributed by atoms with Gasteiger partial charge in [-0.05, 0) is 12.1 Å². The molecule has 0 spiro atoms. The maximum Gasteiger partial charge on any atom is 0.260 e. The van der Waals surface area contributed by atoms with Gasteiger partial charge in [0.25, 0.3) is 5.56 Å². The molecule has 0 radical (unpaired) electrons. The van der Waals surface area contributed by atoms with Crippen LogP contribution in [0.4, 0.5) is 0 Å². The average Bonchev–Trinajstić information content (AvgIpc) is 2.17. The molecule has 72 valence electrons. The first-order valence-corrected chi connectivity index (χ1v) is 4.77. The van der Waals surface area contributed by atoms with Crippen LogP contribution in [0.15, 0.2) is 23.0 Å². The summed E-state index contributed by atoms with van der Waals surface area (Å²) in [5.74, 6) is 0.685. The molecule has 0 aliphatic carbocycles. The lowest BCUT2D eigenvalue weighted by Gasteiger charge is -2.00. The van der Waals surface area contributed by atoms with Crippen LogP contribution in [0.2, 0.25) is 5.02 Å². The Labute approximate surface area is 85.7 Å². The van der Waals surface area contributed by atoms with Crippen molar-refractivity contribution in [2.45, 2.75) is 13.3 Å². The number of hydrogen-bond donors (Lipinski definition) is 1. The van der Waals surface area contributed by atoms with E-state index in [0.29, 0.717) is 28.2 Å². The summed E-state index contributed by atoms with van der Waals surface area (Å²) in [6, 6.07) is 5.26. The second-order valence-electron chi connectivity index (χ2n) is 3.00. The summed E-state index contributed by atoms with van der Waals surface area (Å²) in [5, 5.41) is 0.908. The molecule has 1 aromatic heterocycles. The second kappa shape index (κ2) is 3.42. The van der Waals surface area contributed by atoms with Crippen molar-refractivity contribution in [3.8, 4) is 0 Å². The van der Waals surface area contributed by atoms with Gasteiger partial charge in [0.05, 0.1) is 15.9 Å². The van der Waals surface area contributed by atoms with Crippen LogP contribution >= 0.6 is 11.6 Å². The van der Waals surface area contributed by atoms with Gasteiger partial charge in [0.1, 0.15) is 5.82 Å². The number of aryl methyl sites for hydroxylation is 1. The quantitative estimate of drug-likeness (QED) is 0.781. The molecule has 0 saturated carbocycles. The minimum Gasteiger partial charge on any atom is -0.310 e. The van der Waals surface area contributed by atoms with E-state index in [2.05, 4.69) is 9.97 Å². The zero-order valence-electron chi connectivity index (χ0n) is 7.67. The maximum absolute atomic E-state index is 11.6. The van der Waals surface area contributed by atoms with Gasteiger partial charge in [-0.2, -0.15) is 0 Å². The molecule has 1 aromatic carbocycles. The molecule has 2 aromatic rings. The first-order chi connectivity index (χ1) is 6.72. The van der Waals surface area contributed by atoms with Gasteiger partial charge in [0.15, 0.2) is 0 Å². The Hall–Kier alpha value is -1.35. The van der Waals surface area contributed by atoms with Gasteiger partial charge in [0, 0.05) is 6.42 Å². The van der Waals surface area contributed by atoms with Crippen molar-refractivity contribution in [1.29, 1.82) is 0 Å². The van der Waals surface area contributed by atoms with Crippen molar-refractivity contribution in [3.63, 3.8) is 0 Å². The number of aromatic nitrogens is 2. The molecule has 0 saturated heterocycles. The molecule has 3 nitrogen and oxygen atoms in total. The molecule has 0 aliphatic rings. The van der Waals surface area contributed by atoms with Crippen LogP contribution in [0.25, 0.3) is 10.9 Å². The smallest absolute Gasteiger partial charge is 0.260 e. The van der Waals surface area contributed by atoms with E-state index in [9.17, 15) is 4.79 Å². The Kier molecular flexibility index (Phi) is 2.25. The highest BCUT2D eigenvalue weighted by molar-refractivity contribution is 6.35. The van der Waals surface area contributed by atoms with Crippen molar-refractivity contribution in [2.24, 2.45) is 0 Å². The molecular weight excluding hydrogens is 200 g/mol. The van der Waals surface area contributed by atoms with Gasteiger partial charge >= 0.3 is 0 Å². The van der Waals surface area contributed by atoms with E-state index in [1.54, 1.807) is 18.2 Å². The number of aromatic amines is 1. The maximum atomic E-state index is 11.6. The fourth-order valence-electron chi connectivity index (χ4n) is 1.37. The van der Waals surface area contributed by atoms with Crippen LogP contribution in [-0.2, 0) is 6.42 Å². The Morgan fingerprint density at radius 1 is 1.50 bits per heavy atom. The van der Waals surface area contributed by atoms with Crippen LogP contribution in [0.5, 0.6) is 0 Å². The van der Waals surface area contributed by atoms with Crippen molar-refractivity contribution in [1.82, 2.24) is 9.97 Å². The molecule has 1 N–H and O–H groups in total. The third-order valence-electron chi connectivity index (χ3n) is 2.07. The summed E-state index contributed by atoms with van der Waals surface area (Å²) in [4.78, 5) is 18.6. The number of halogens is 1. The van der Waals surface area contributed by atoms with Crippen molar-refractivity contribution in [2.75, 3.05) is 0 Å². The van der Waals surface area contributed by atoms with Crippen LogP contribution < -0.4 is 5.56 Å². The Morgan fingerprint density at radius 2 is 2.29 bits per heavy atom. The van der Waals surface area contributed by atoms with Gasteiger partial charge < -0.3 is 4.98 Å². The van der Waals surface area contributed by atoms with E-state index in [0.717, 1.165) is 0 Å². The fourth-order valence-corrected chi connectivity index (χ4v) is 1.62. The van der Waals surface area contributed by atoms with E-state index >= 15 is 0 Å². The van der Waals surface area contributed by atoms with Gasteiger partial charge in [-0.15, -0.1) is 0 Å². The molecule has 0 amide bonds. The molecule has 0 bridgehead atoms. The predicted octanol–water partition coefficient (Wildman–Crippen LogP) is 2.14. The zero-order valence-corrected chi connectivity index (χ0v) is 8.43. The first-order valence-electron chi connectivity index (χ1n) is 4.39. The third-order valence-corrected chi connectivity index (χ3v) is 2.38. The Morgan fingerprint density at radius 3 is 3.00 bits per heavy atom. The van der Waals surface area contributed by atoms with Gasteiger partial charge in [0.2, 0.25) is 0 Å². The molecular formula is C10H9ClN2O. The number of H-pyrrole nitrogens is 1. The lowest BCUT2D eigenvalue weighted by molar-refractivity contribution is 0.944. The summed E-state index contributed by atoms with van der Waals surface area (Å²) in [6.45, 7) is 1.94. The minimum atomic E-state index is -0.169. The van der Waals surface area contributed by atoms with Crippen LogP contribution in [0, 0.1) is 0 Å². The van der Waals surface area contributed by atoms with Gasteiger partial charge in [-0.25, -0.2) is 4.98 Å². The topological polar surface area (TPSA) is 45.8 Å². The number of fused-ring (bicyclic) bond motifs is 1. The number of hydrogen-bond acceptors (Lipinski definition) is 2. The molecule has 4 heteroatoms. The first kappa shape index (κ1) is 9.21. The SMILES string of the molecule is CCc1nc2cccc(Cl)c2c(=O)[nH]1. The third kappa shape index (κ3) is 1.40. The zero-order chi connectivity index (χ0) is 10.1. The molecule has 0 fully saturated rings. The Balaban J connectivity index is 2.90. The Bertz CT molecular complexity index is 533. The molecule has 0 aliphatic heterocycles.